The van der Waals surface area contributed by atoms with E-state index >= 15 is 0 Å². The summed E-state index contributed by atoms with van der Waals surface area (Å²) in [6, 6.07) is 0. The molecule has 0 rings (SSSR count). The molecule has 0 atom stereocenters. The van der Waals surface area contributed by atoms with Crippen molar-refractivity contribution in [1.82, 2.24) is 0 Å². The van der Waals surface area contributed by atoms with Gasteiger partial charge in [-0.25, -0.2) is 0 Å². The first-order chi connectivity index (χ1) is 6.40. The van der Waals surface area contributed by atoms with E-state index in [-0.39, 0.29) is 5.33 Å². The number of ether oxygens (including phenoxy) is 1. The Balaban J connectivity index is 4.85. The van der Waals surface area contributed by atoms with E-state index in [0.29, 0.717) is 0 Å². The third-order valence-corrected chi connectivity index (χ3v) is 2.70. The second-order valence-corrected chi connectivity index (χ2v) is 4.04. The van der Waals surface area contributed by atoms with Crippen molar-refractivity contribution in [3.63, 3.8) is 0 Å². The molecule has 0 heterocycles. The molecule has 0 radical (unpaired) electrons. The highest BCUT2D eigenvalue weighted by Gasteiger charge is 2.59. The van der Waals surface area contributed by atoms with Crippen LogP contribution in [-0.2, 0) is 4.74 Å². The summed E-state index contributed by atoms with van der Waals surface area (Å²) in [7, 11) is 0. The number of hydrogen-bond acceptors (Lipinski definition) is 1. The Morgan fingerprint density at radius 1 is 1.00 bits per heavy atom. The third kappa shape index (κ3) is 5.05. The predicted octanol–water partition coefficient (Wildman–Crippen LogP) is 3.67. The summed E-state index contributed by atoms with van der Waals surface area (Å²) in [5.41, 5.74) is -1.55. The zero-order valence-corrected chi connectivity index (χ0v) is 9.42. The quantitative estimate of drug-likeness (QED) is 0.571. The molecule has 0 aliphatic heterocycles. The molecule has 0 amide bonds. The van der Waals surface area contributed by atoms with E-state index in [9.17, 15) is 26.3 Å². The summed E-state index contributed by atoms with van der Waals surface area (Å²) in [5, 5.41) is -0.136. The van der Waals surface area contributed by atoms with Crippen molar-refractivity contribution >= 4 is 15.9 Å². The summed E-state index contributed by atoms with van der Waals surface area (Å²) < 4.78 is 76.2. The van der Waals surface area contributed by atoms with Crippen LogP contribution in [0.25, 0.3) is 0 Å². The smallest absolute Gasteiger partial charge is 0.354 e. The molecule has 0 aromatic heterocycles. The highest BCUT2D eigenvalue weighted by molar-refractivity contribution is 9.09. The number of halogens is 7. The average molecular weight is 303 g/mol. The van der Waals surface area contributed by atoms with Crippen LogP contribution in [0.5, 0.6) is 0 Å². The van der Waals surface area contributed by atoms with Crippen LogP contribution in [0.1, 0.15) is 13.8 Å². The second-order valence-electron chi connectivity index (χ2n) is 3.47. The first kappa shape index (κ1) is 15.0. The Hall–Kier alpha value is 0.0200. The summed E-state index contributed by atoms with van der Waals surface area (Å²) in [5.74, 6) is 0. The van der Waals surface area contributed by atoms with E-state index in [2.05, 4.69) is 20.7 Å². The maximum absolute atomic E-state index is 12.0. The van der Waals surface area contributed by atoms with Crippen LogP contribution in [0.15, 0.2) is 0 Å². The number of hydrogen-bond donors (Lipinski definition) is 0. The lowest BCUT2D eigenvalue weighted by Gasteiger charge is -2.31. The molecule has 0 spiro atoms. The molecule has 0 aromatic rings. The molecular formula is C7H9BrF6O. The fourth-order valence-electron chi connectivity index (χ4n) is 0.670. The van der Waals surface area contributed by atoms with Gasteiger partial charge < -0.3 is 4.74 Å². The largest absolute Gasteiger partial charge is 0.423 e. The average Bonchev–Trinajstić information content (AvgIpc) is 1.96. The second kappa shape index (κ2) is 4.48. The van der Waals surface area contributed by atoms with Gasteiger partial charge in [-0.05, 0) is 13.8 Å². The summed E-state index contributed by atoms with van der Waals surface area (Å²) >= 11 is 2.77. The molecule has 0 aliphatic carbocycles. The van der Waals surface area contributed by atoms with Gasteiger partial charge >= 0.3 is 12.4 Å². The van der Waals surface area contributed by atoms with Crippen molar-refractivity contribution in [2.75, 3.05) is 5.33 Å². The van der Waals surface area contributed by atoms with E-state index in [0.717, 1.165) is 13.8 Å². The van der Waals surface area contributed by atoms with Crippen LogP contribution >= 0.6 is 15.9 Å². The van der Waals surface area contributed by atoms with Crippen molar-refractivity contribution < 1.29 is 31.1 Å². The number of rotatable bonds is 3. The topological polar surface area (TPSA) is 9.23 Å². The van der Waals surface area contributed by atoms with Crippen LogP contribution in [0.4, 0.5) is 26.3 Å². The van der Waals surface area contributed by atoms with Gasteiger partial charge in [-0.15, -0.1) is 0 Å². The Morgan fingerprint density at radius 2 is 1.33 bits per heavy atom. The van der Waals surface area contributed by atoms with E-state index in [4.69, 9.17) is 0 Å². The summed E-state index contributed by atoms with van der Waals surface area (Å²) in [6.07, 6.45) is -14.7. The fraction of sp³-hybridized carbons (Fsp3) is 1.00. The fourth-order valence-corrected chi connectivity index (χ4v) is 0.802. The lowest BCUT2D eigenvalue weighted by Crippen LogP contribution is -2.49. The van der Waals surface area contributed by atoms with Gasteiger partial charge in [-0.3, -0.25) is 0 Å². The molecule has 0 aliphatic rings. The van der Waals surface area contributed by atoms with E-state index in [1.807, 2.05) is 0 Å². The maximum atomic E-state index is 12.0. The molecule has 1 nitrogen and oxygen atoms in total. The Morgan fingerprint density at radius 3 is 1.53 bits per heavy atom. The van der Waals surface area contributed by atoms with Gasteiger partial charge in [0, 0.05) is 5.33 Å². The maximum Gasteiger partial charge on any atom is 0.423 e. The Kier molecular flexibility index (Phi) is 4.49. The first-order valence-electron chi connectivity index (χ1n) is 3.77. The van der Waals surface area contributed by atoms with Crippen LogP contribution < -0.4 is 0 Å². The monoisotopic (exact) mass is 302 g/mol. The number of alkyl halides is 7. The minimum atomic E-state index is -5.46. The SMILES string of the molecule is CC(C)(CBr)OC(C(F)(F)F)C(F)(F)F. The zero-order valence-electron chi connectivity index (χ0n) is 7.84. The van der Waals surface area contributed by atoms with Crippen LogP contribution in [0.2, 0.25) is 0 Å². The minimum Gasteiger partial charge on any atom is -0.354 e. The van der Waals surface area contributed by atoms with Crippen molar-refractivity contribution in [3.05, 3.63) is 0 Å². The van der Waals surface area contributed by atoms with Crippen LogP contribution in [-0.4, -0.2) is 29.4 Å². The Labute approximate surface area is 90.9 Å². The summed E-state index contributed by atoms with van der Waals surface area (Å²) in [6.45, 7) is 2.26. The summed E-state index contributed by atoms with van der Waals surface area (Å²) in [4.78, 5) is 0. The molecule has 0 N–H and O–H groups in total. The molecule has 0 unspecified atom stereocenters. The highest BCUT2D eigenvalue weighted by atomic mass is 79.9. The van der Waals surface area contributed by atoms with E-state index in [1.54, 1.807) is 0 Å². The van der Waals surface area contributed by atoms with Gasteiger partial charge in [-0.1, -0.05) is 15.9 Å². The van der Waals surface area contributed by atoms with Crippen LogP contribution in [0, 0.1) is 0 Å². The van der Waals surface area contributed by atoms with E-state index < -0.39 is 24.1 Å². The zero-order chi connectivity index (χ0) is 12.5. The van der Waals surface area contributed by atoms with Crippen molar-refractivity contribution in [2.24, 2.45) is 0 Å². The van der Waals surface area contributed by atoms with E-state index in [1.165, 1.54) is 0 Å². The van der Waals surface area contributed by atoms with Crippen molar-refractivity contribution in [1.29, 1.82) is 0 Å². The predicted molar refractivity (Wildman–Crippen MR) is 44.9 cm³/mol. The molecule has 15 heavy (non-hydrogen) atoms. The molecular weight excluding hydrogens is 294 g/mol. The Bertz CT molecular complexity index is 195. The lowest BCUT2D eigenvalue weighted by molar-refractivity contribution is -0.339. The molecule has 0 aromatic carbocycles. The van der Waals surface area contributed by atoms with Gasteiger partial charge in [-0.2, -0.15) is 26.3 Å². The molecule has 0 saturated heterocycles. The van der Waals surface area contributed by atoms with Gasteiger partial charge in [0.1, 0.15) is 0 Å². The first-order valence-corrected chi connectivity index (χ1v) is 4.89. The normalized spacial score (nSPS) is 14.8. The van der Waals surface area contributed by atoms with Crippen molar-refractivity contribution in [2.45, 2.75) is 37.9 Å². The minimum absolute atomic E-state index is 0.136. The molecule has 0 bridgehead atoms. The molecule has 92 valence electrons. The third-order valence-electron chi connectivity index (χ3n) is 1.35. The lowest BCUT2D eigenvalue weighted by atomic mass is 10.1. The molecule has 0 fully saturated rings. The standard InChI is InChI=1S/C7H9BrF6O/c1-5(2,3-8)15-4(6(9,10)11)7(12,13)14/h4H,3H2,1-2H3. The van der Waals surface area contributed by atoms with Crippen molar-refractivity contribution in [3.8, 4) is 0 Å². The van der Waals surface area contributed by atoms with Gasteiger partial charge in [0.15, 0.2) is 0 Å². The van der Waals surface area contributed by atoms with Gasteiger partial charge in [0.05, 0.1) is 5.60 Å². The molecule has 0 saturated carbocycles. The van der Waals surface area contributed by atoms with Gasteiger partial charge in [0.2, 0.25) is 6.10 Å². The van der Waals surface area contributed by atoms with Gasteiger partial charge in [0.25, 0.3) is 0 Å². The highest BCUT2D eigenvalue weighted by Crippen LogP contribution is 2.38. The van der Waals surface area contributed by atoms with Crippen LogP contribution in [0.3, 0.4) is 0 Å². The molecule has 8 heteroatoms.